The number of nitrogens with one attached hydrogen (secondary N) is 1. The second-order valence-electron chi connectivity index (χ2n) is 2.62. The van der Waals surface area contributed by atoms with Gasteiger partial charge in [-0.05, 0) is 14.0 Å². The van der Waals surface area contributed by atoms with Gasteiger partial charge in [0.2, 0.25) is 0 Å². The van der Waals surface area contributed by atoms with Crippen LogP contribution >= 0.6 is 0 Å². The van der Waals surface area contributed by atoms with Gasteiger partial charge in [-0.15, -0.1) is 0 Å². The van der Waals surface area contributed by atoms with Crippen LogP contribution in [0.1, 0.15) is 8.35 Å². The molecule has 0 aromatic rings. The summed E-state index contributed by atoms with van der Waals surface area (Å²) in [6.45, 7) is 5.76. The minimum atomic E-state index is 0. The van der Waals surface area contributed by atoms with Crippen molar-refractivity contribution in [3.8, 4) is 0 Å². The summed E-state index contributed by atoms with van der Waals surface area (Å²) in [5.74, 6) is 0. The molecule has 0 aromatic carbocycles. The lowest BCUT2D eigenvalue weighted by Gasteiger charge is -2.28. The highest BCUT2D eigenvalue weighted by Crippen LogP contribution is 1.92. The Balaban J connectivity index is 0.000000640. The van der Waals surface area contributed by atoms with Gasteiger partial charge in [0.25, 0.3) is 0 Å². The molecule has 0 amide bonds. The van der Waals surface area contributed by atoms with Gasteiger partial charge in [0.1, 0.15) is 0 Å². The first-order valence-corrected chi connectivity index (χ1v) is 3.21. The molecule has 0 unspecified atom stereocenters. The summed E-state index contributed by atoms with van der Waals surface area (Å²) in [6.07, 6.45) is 0. The molecule has 1 rings (SSSR count). The van der Waals surface area contributed by atoms with Gasteiger partial charge in [-0.3, -0.25) is 0 Å². The lowest BCUT2D eigenvalue weighted by molar-refractivity contribution is 0.248. The fourth-order valence-corrected chi connectivity index (χ4v) is 1.13. The predicted molar refractivity (Wildman–Crippen MR) is 37.1 cm³/mol. The van der Waals surface area contributed by atoms with Gasteiger partial charge in [0, 0.05) is 27.1 Å². The molecule has 0 spiro atoms. The van der Waals surface area contributed by atoms with Crippen molar-refractivity contribution in [2.24, 2.45) is 0 Å². The Bertz CT molecular complexity index is 69.5. The third-order valence-electron chi connectivity index (χ3n) is 1.57. The van der Waals surface area contributed by atoms with Crippen LogP contribution in [0.2, 0.25) is 0 Å². The molecule has 0 saturated carbocycles. The summed E-state index contributed by atoms with van der Waals surface area (Å²) in [7, 11) is 2.16. The van der Waals surface area contributed by atoms with Gasteiger partial charge in [-0.2, -0.15) is 0 Å². The number of nitrogens with zero attached hydrogens (tertiary/aromatic N) is 1. The predicted octanol–water partition coefficient (Wildman–Crippen LogP) is 0.156. The zero-order chi connectivity index (χ0) is 5.98. The Kier molecular flexibility index (Phi) is 1.86. The second kappa shape index (κ2) is 2.46. The monoisotopic (exact) mass is 116 g/mol. The van der Waals surface area contributed by atoms with E-state index in [2.05, 4.69) is 24.2 Å². The molecule has 1 aliphatic rings. The van der Waals surface area contributed by atoms with Gasteiger partial charge in [0.05, 0.1) is 0 Å². The van der Waals surface area contributed by atoms with Crippen LogP contribution in [0.4, 0.5) is 0 Å². The first kappa shape index (κ1) is 6.05. The van der Waals surface area contributed by atoms with Crippen LogP contribution in [-0.2, 0) is 0 Å². The normalized spacial score (nSPS) is 33.0. The van der Waals surface area contributed by atoms with E-state index in [0.717, 1.165) is 6.54 Å². The second-order valence-corrected chi connectivity index (χ2v) is 2.62. The largest absolute Gasteiger partial charge is 0.312 e. The molecule has 8 heavy (non-hydrogen) atoms. The van der Waals surface area contributed by atoms with Crippen molar-refractivity contribution in [2.45, 2.75) is 13.0 Å². The molecule has 1 heterocycles. The van der Waals surface area contributed by atoms with Crippen molar-refractivity contribution in [3.05, 3.63) is 0 Å². The maximum atomic E-state index is 3.37. The Morgan fingerprint density at radius 3 is 2.88 bits per heavy atom. The average Bonchev–Trinajstić information content (AvgIpc) is 1.64. The van der Waals surface area contributed by atoms with Gasteiger partial charge < -0.3 is 10.2 Å². The maximum absolute atomic E-state index is 3.37. The molecular formula is C6H16N2. The highest BCUT2D eigenvalue weighted by Gasteiger charge is 2.09. The molecule has 1 fully saturated rings. The van der Waals surface area contributed by atoms with Gasteiger partial charge in [-0.1, -0.05) is 0 Å². The highest BCUT2D eigenvalue weighted by atomic mass is 15.2. The standard InChI is InChI=1S/C6H14N2.H2/c1-6-5-8(2)4-3-7-6;/h6-7H,3-5H2,1-2H3;1H/t6-;/m0./s1. The third-order valence-corrected chi connectivity index (χ3v) is 1.57. The molecule has 0 aromatic heterocycles. The average molecular weight is 116 g/mol. The van der Waals surface area contributed by atoms with E-state index in [0.29, 0.717) is 6.04 Å². The van der Waals surface area contributed by atoms with Crippen LogP contribution in [0, 0.1) is 0 Å². The summed E-state index contributed by atoms with van der Waals surface area (Å²) >= 11 is 0. The molecule has 2 nitrogen and oxygen atoms in total. The molecule has 1 aliphatic heterocycles. The number of hydrogen-bond acceptors (Lipinski definition) is 2. The number of rotatable bonds is 0. The molecule has 2 heteroatoms. The number of likely N-dealkylation sites (N-methyl/N-ethyl adjacent to an activating group) is 1. The third kappa shape index (κ3) is 1.46. The highest BCUT2D eigenvalue weighted by molar-refractivity contribution is 4.71. The zero-order valence-corrected chi connectivity index (χ0v) is 5.65. The maximum Gasteiger partial charge on any atom is 0.0167 e. The number of hydrogen-bond donors (Lipinski definition) is 1. The first-order chi connectivity index (χ1) is 3.79. The van der Waals surface area contributed by atoms with E-state index in [4.69, 9.17) is 0 Å². The fraction of sp³-hybridized carbons (Fsp3) is 1.00. The van der Waals surface area contributed by atoms with Crippen molar-refractivity contribution in [2.75, 3.05) is 26.7 Å². The van der Waals surface area contributed by atoms with E-state index in [-0.39, 0.29) is 1.43 Å². The zero-order valence-electron chi connectivity index (χ0n) is 5.65. The summed E-state index contributed by atoms with van der Waals surface area (Å²) in [4.78, 5) is 2.35. The molecular weight excluding hydrogens is 100 g/mol. The molecule has 1 N–H and O–H groups in total. The van der Waals surface area contributed by atoms with E-state index >= 15 is 0 Å². The smallest absolute Gasteiger partial charge is 0.0167 e. The van der Waals surface area contributed by atoms with E-state index in [9.17, 15) is 0 Å². The van der Waals surface area contributed by atoms with Gasteiger partial charge >= 0.3 is 0 Å². The van der Waals surface area contributed by atoms with Crippen molar-refractivity contribution >= 4 is 0 Å². The molecule has 0 radical (unpaired) electrons. The van der Waals surface area contributed by atoms with Crippen molar-refractivity contribution < 1.29 is 1.43 Å². The van der Waals surface area contributed by atoms with Crippen LogP contribution < -0.4 is 5.32 Å². The summed E-state index contributed by atoms with van der Waals surface area (Å²) < 4.78 is 0. The van der Waals surface area contributed by atoms with Gasteiger partial charge in [-0.25, -0.2) is 0 Å². The van der Waals surface area contributed by atoms with E-state index in [1.54, 1.807) is 0 Å². The Labute approximate surface area is 52.4 Å². The fourth-order valence-electron chi connectivity index (χ4n) is 1.13. The van der Waals surface area contributed by atoms with Gasteiger partial charge in [0.15, 0.2) is 0 Å². The lowest BCUT2D eigenvalue weighted by Crippen LogP contribution is -2.47. The van der Waals surface area contributed by atoms with Crippen molar-refractivity contribution in [3.63, 3.8) is 0 Å². The van der Waals surface area contributed by atoms with E-state index in [1.807, 2.05) is 0 Å². The Morgan fingerprint density at radius 2 is 2.50 bits per heavy atom. The molecule has 0 bridgehead atoms. The summed E-state index contributed by atoms with van der Waals surface area (Å²) in [6, 6.07) is 0.689. The van der Waals surface area contributed by atoms with Crippen molar-refractivity contribution in [1.29, 1.82) is 0 Å². The number of piperazine rings is 1. The molecule has 1 atom stereocenters. The summed E-state index contributed by atoms with van der Waals surface area (Å²) in [5, 5.41) is 3.37. The quantitative estimate of drug-likeness (QED) is 0.485. The molecule has 1 saturated heterocycles. The minimum absolute atomic E-state index is 0. The topological polar surface area (TPSA) is 15.3 Å². The van der Waals surface area contributed by atoms with Crippen LogP contribution in [0.25, 0.3) is 0 Å². The molecule has 0 aliphatic carbocycles. The van der Waals surface area contributed by atoms with E-state index < -0.39 is 0 Å². The van der Waals surface area contributed by atoms with Crippen LogP contribution in [0.3, 0.4) is 0 Å². The van der Waals surface area contributed by atoms with Crippen LogP contribution in [0.5, 0.6) is 0 Å². The molecule has 50 valence electrons. The SMILES string of the molecule is C[C@H]1CN(C)CCN1.[HH]. The minimum Gasteiger partial charge on any atom is -0.312 e. The van der Waals surface area contributed by atoms with Crippen LogP contribution in [0.15, 0.2) is 0 Å². The summed E-state index contributed by atoms with van der Waals surface area (Å²) in [5.41, 5.74) is 0. The Morgan fingerprint density at radius 1 is 1.75 bits per heavy atom. The Hall–Kier alpha value is -0.0800. The first-order valence-electron chi connectivity index (χ1n) is 3.21. The van der Waals surface area contributed by atoms with Crippen LogP contribution in [-0.4, -0.2) is 37.6 Å². The van der Waals surface area contributed by atoms with E-state index in [1.165, 1.54) is 13.1 Å². The van der Waals surface area contributed by atoms with Crippen molar-refractivity contribution in [1.82, 2.24) is 10.2 Å². The lowest BCUT2D eigenvalue weighted by atomic mass is 10.2.